The molecule has 0 saturated heterocycles. The van der Waals surface area contributed by atoms with Gasteiger partial charge in [0.2, 0.25) is 5.91 Å². The van der Waals surface area contributed by atoms with E-state index in [1.165, 1.54) is 7.11 Å². The van der Waals surface area contributed by atoms with Crippen LogP contribution in [-0.2, 0) is 9.53 Å². The highest BCUT2D eigenvalue weighted by atomic mass is 32.1. The molecule has 1 amide bonds. The molecule has 15 heavy (non-hydrogen) atoms. The zero-order chi connectivity index (χ0) is 11.4. The Hall–Kier alpha value is -1.47. The molecule has 0 saturated carbocycles. The summed E-state index contributed by atoms with van der Waals surface area (Å²) >= 11 is 1.06. The molecule has 6 nitrogen and oxygen atoms in total. The summed E-state index contributed by atoms with van der Waals surface area (Å²) in [6, 6.07) is 0. The molecular formula is C8H11N3O3S. The highest BCUT2D eigenvalue weighted by Gasteiger charge is 2.16. The molecule has 0 fully saturated rings. The maximum absolute atomic E-state index is 11.2. The number of carbonyl (C=O) groups is 2. The number of aromatic nitrogens is 1. The Morgan fingerprint density at radius 3 is 2.80 bits per heavy atom. The van der Waals surface area contributed by atoms with Crippen molar-refractivity contribution in [3.63, 3.8) is 0 Å². The normalized spacial score (nSPS) is 9.80. The number of anilines is 1. The van der Waals surface area contributed by atoms with Crippen molar-refractivity contribution >= 4 is 28.3 Å². The third-order valence-electron chi connectivity index (χ3n) is 1.60. The Bertz CT molecular complexity index is 388. The molecule has 0 bridgehead atoms. The minimum atomic E-state index is -0.460. The number of ether oxygens (including phenoxy) is 1. The third kappa shape index (κ3) is 2.74. The van der Waals surface area contributed by atoms with Crippen molar-refractivity contribution < 1.29 is 14.3 Å². The molecule has 1 rings (SSSR count). The van der Waals surface area contributed by atoms with Gasteiger partial charge < -0.3 is 15.8 Å². The number of aryl methyl sites for hydroxylation is 1. The molecule has 0 aromatic carbocycles. The summed E-state index contributed by atoms with van der Waals surface area (Å²) < 4.78 is 4.56. The minimum Gasteiger partial charge on any atom is -0.465 e. The number of carbonyl (C=O) groups excluding carboxylic acids is 2. The van der Waals surface area contributed by atoms with E-state index in [0.29, 0.717) is 15.7 Å². The minimum absolute atomic E-state index is 0.119. The number of methoxy groups -OCH3 is 1. The van der Waals surface area contributed by atoms with Gasteiger partial charge in [0.15, 0.2) is 5.13 Å². The fraction of sp³-hybridized carbons (Fsp3) is 0.375. The molecule has 1 aromatic rings. The van der Waals surface area contributed by atoms with Crippen molar-refractivity contribution in [1.29, 1.82) is 0 Å². The summed E-state index contributed by atoms with van der Waals surface area (Å²) in [7, 11) is 1.29. The number of thiazole rings is 1. The summed E-state index contributed by atoms with van der Waals surface area (Å²) in [5, 5.41) is 2.82. The predicted octanol–water partition coefficient (Wildman–Crippen LogP) is 0.135. The van der Waals surface area contributed by atoms with Crippen molar-refractivity contribution in [2.75, 3.05) is 19.0 Å². The number of amides is 1. The van der Waals surface area contributed by atoms with Gasteiger partial charge in [-0.25, -0.2) is 9.78 Å². The van der Waals surface area contributed by atoms with E-state index in [2.05, 4.69) is 15.0 Å². The summed E-state index contributed by atoms with van der Waals surface area (Å²) in [6.07, 6.45) is 0. The smallest absolute Gasteiger partial charge is 0.350 e. The highest BCUT2D eigenvalue weighted by Crippen LogP contribution is 2.22. The first-order chi connectivity index (χ1) is 7.08. The zero-order valence-corrected chi connectivity index (χ0v) is 9.18. The van der Waals surface area contributed by atoms with E-state index in [1.54, 1.807) is 6.92 Å². The SMILES string of the molecule is COC(=O)c1sc(NC(=O)CN)nc1C. The van der Waals surface area contributed by atoms with Crippen LogP contribution in [0.15, 0.2) is 0 Å². The molecule has 0 aliphatic rings. The van der Waals surface area contributed by atoms with Crippen LogP contribution in [0, 0.1) is 6.92 Å². The number of nitrogens with two attached hydrogens (primary N) is 1. The second-order valence-electron chi connectivity index (χ2n) is 2.68. The Morgan fingerprint density at radius 2 is 2.27 bits per heavy atom. The van der Waals surface area contributed by atoms with E-state index in [9.17, 15) is 9.59 Å². The number of nitrogens with one attached hydrogen (secondary N) is 1. The van der Waals surface area contributed by atoms with Crippen molar-refractivity contribution in [2.24, 2.45) is 5.73 Å². The van der Waals surface area contributed by atoms with Gasteiger partial charge in [-0.2, -0.15) is 0 Å². The van der Waals surface area contributed by atoms with E-state index >= 15 is 0 Å². The van der Waals surface area contributed by atoms with Crippen LogP contribution in [-0.4, -0.2) is 30.5 Å². The summed E-state index contributed by atoms with van der Waals surface area (Å²) in [5.74, 6) is -0.807. The lowest BCUT2D eigenvalue weighted by atomic mass is 10.4. The molecule has 0 aliphatic carbocycles. The van der Waals surface area contributed by atoms with Crippen molar-refractivity contribution in [1.82, 2.24) is 4.98 Å². The molecule has 7 heteroatoms. The average molecular weight is 229 g/mol. The Balaban J connectivity index is 2.86. The Labute approximate surface area is 90.4 Å². The average Bonchev–Trinajstić information content (AvgIpc) is 2.58. The second kappa shape index (κ2) is 4.85. The van der Waals surface area contributed by atoms with Crippen LogP contribution < -0.4 is 11.1 Å². The van der Waals surface area contributed by atoms with Gasteiger partial charge in [-0.05, 0) is 6.92 Å². The monoisotopic (exact) mass is 229 g/mol. The van der Waals surface area contributed by atoms with Crippen LogP contribution in [0.4, 0.5) is 5.13 Å². The van der Waals surface area contributed by atoms with Crippen LogP contribution in [0.5, 0.6) is 0 Å². The first kappa shape index (κ1) is 11.6. The van der Waals surface area contributed by atoms with Crippen molar-refractivity contribution in [3.05, 3.63) is 10.6 Å². The summed E-state index contributed by atoms with van der Waals surface area (Å²) in [4.78, 5) is 26.5. The van der Waals surface area contributed by atoms with Crippen molar-refractivity contribution in [2.45, 2.75) is 6.92 Å². The van der Waals surface area contributed by atoms with E-state index in [1.807, 2.05) is 0 Å². The molecule has 0 aliphatic heterocycles. The van der Waals surface area contributed by atoms with E-state index in [0.717, 1.165) is 11.3 Å². The number of esters is 1. The van der Waals surface area contributed by atoms with Crippen LogP contribution in [0.1, 0.15) is 15.4 Å². The molecule has 0 radical (unpaired) electrons. The van der Waals surface area contributed by atoms with Gasteiger partial charge in [0.1, 0.15) is 4.88 Å². The second-order valence-corrected chi connectivity index (χ2v) is 3.68. The Morgan fingerprint density at radius 1 is 1.60 bits per heavy atom. The van der Waals surface area contributed by atoms with Gasteiger partial charge in [-0.3, -0.25) is 4.79 Å². The maximum Gasteiger partial charge on any atom is 0.350 e. The van der Waals surface area contributed by atoms with Crippen LogP contribution in [0.25, 0.3) is 0 Å². The van der Waals surface area contributed by atoms with Gasteiger partial charge >= 0.3 is 5.97 Å². The van der Waals surface area contributed by atoms with Gasteiger partial charge in [0.25, 0.3) is 0 Å². The molecule has 1 aromatic heterocycles. The zero-order valence-electron chi connectivity index (χ0n) is 8.36. The van der Waals surface area contributed by atoms with E-state index < -0.39 is 5.97 Å². The molecular weight excluding hydrogens is 218 g/mol. The third-order valence-corrected chi connectivity index (χ3v) is 2.65. The highest BCUT2D eigenvalue weighted by molar-refractivity contribution is 7.17. The molecule has 82 valence electrons. The lowest BCUT2D eigenvalue weighted by Crippen LogP contribution is -2.21. The molecule has 3 N–H and O–H groups in total. The van der Waals surface area contributed by atoms with Crippen LogP contribution >= 0.6 is 11.3 Å². The number of nitrogens with zero attached hydrogens (tertiary/aromatic N) is 1. The lowest BCUT2D eigenvalue weighted by Gasteiger charge is -1.95. The topological polar surface area (TPSA) is 94.3 Å². The van der Waals surface area contributed by atoms with Crippen LogP contribution in [0.2, 0.25) is 0 Å². The lowest BCUT2D eigenvalue weighted by molar-refractivity contribution is -0.114. The fourth-order valence-corrected chi connectivity index (χ4v) is 1.80. The quantitative estimate of drug-likeness (QED) is 0.719. The number of hydrogen-bond donors (Lipinski definition) is 2. The fourth-order valence-electron chi connectivity index (χ4n) is 0.902. The van der Waals surface area contributed by atoms with E-state index in [4.69, 9.17) is 5.73 Å². The van der Waals surface area contributed by atoms with Crippen molar-refractivity contribution in [3.8, 4) is 0 Å². The predicted molar refractivity (Wildman–Crippen MR) is 55.9 cm³/mol. The maximum atomic E-state index is 11.2. The van der Waals surface area contributed by atoms with Gasteiger partial charge in [0, 0.05) is 0 Å². The Kier molecular flexibility index (Phi) is 3.75. The number of rotatable bonds is 3. The standard InChI is InChI=1S/C8H11N3O3S/c1-4-6(7(13)14-2)15-8(10-4)11-5(12)3-9/h3,9H2,1-2H3,(H,10,11,12). The van der Waals surface area contributed by atoms with Crippen LogP contribution in [0.3, 0.4) is 0 Å². The number of hydrogen-bond acceptors (Lipinski definition) is 6. The van der Waals surface area contributed by atoms with Gasteiger partial charge in [-0.15, -0.1) is 0 Å². The largest absolute Gasteiger partial charge is 0.465 e. The van der Waals surface area contributed by atoms with Gasteiger partial charge in [0.05, 0.1) is 19.3 Å². The van der Waals surface area contributed by atoms with E-state index in [-0.39, 0.29) is 12.5 Å². The first-order valence-electron chi connectivity index (χ1n) is 4.14. The first-order valence-corrected chi connectivity index (χ1v) is 4.95. The molecule has 0 unspecified atom stereocenters. The van der Waals surface area contributed by atoms with Gasteiger partial charge in [-0.1, -0.05) is 11.3 Å². The molecule has 0 atom stereocenters. The molecule has 1 heterocycles. The summed E-state index contributed by atoms with van der Waals surface area (Å²) in [5.41, 5.74) is 5.65. The summed E-state index contributed by atoms with van der Waals surface area (Å²) in [6.45, 7) is 1.55. The molecule has 0 spiro atoms.